The zero-order chi connectivity index (χ0) is 15.2. The Morgan fingerprint density at radius 3 is 2.81 bits per heavy atom. The number of para-hydroxylation sites is 1. The fourth-order valence-corrected chi connectivity index (χ4v) is 1.56. The lowest BCUT2D eigenvalue weighted by molar-refractivity contribution is -0.129. The molecular weight excluding hydrogens is 274 g/mol. The van der Waals surface area contributed by atoms with Gasteiger partial charge in [0.2, 0.25) is 11.2 Å². The Kier molecular flexibility index (Phi) is 4.53. The van der Waals surface area contributed by atoms with Gasteiger partial charge in [0.1, 0.15) is 18.6 Å². The Morgan fingerprint density at radius 2 is 2.14 bits per heavy atom. The first-order valence-electron chi connectivity index (χ1n) is 6.07. The molecule has 0 unspecified atom stereocenters. The lowest BCUT2D eigenvalue weighted by atomic mass is 10.2. The number of anilines is 1. The smallest absolute Gasteiger partial charge is 0.336 e. The molecule has 0 aliphatic heterocycles. The van der Waals surface area contributed by atoms with E-state index in [0.29, 0.717) is 11.3 Å². The number of hydrogen-bond donors (Lipinski definition) is 2. The van der Waals surface area contributed by atoms with Gasteiger partial charge >= 0.3 is 5.97 Å². The van der Waals surface area contributed by atoms with E-state index in [4.69, 9.17) is 20.0 Å². The molecule has 3 N–H and O–H groups in total. The van der Waals surface area contributed by atoms with Crippen LogP contribution in [0, 0.1) is 0 Å². The minimum Gasteiger partial charge on any atom is -0.463 e. The van der Waals surface area contributed by atoms with E-state index in [1.54, 1.807) is 24.3 Å². The van der Waals surface area contributed by atoms with Crippen LogP contribution in [-0.2, 0) is 11.4 Å². The third kappa shape index (κ3) is 3.80. The summed E-state index contributed by atoms with van der Waals surface area (Å²) >= 11 is 0. The molecule has 1 aromatic carbocycles. The molecule has 0 saturated carbocycles. The molecule has 108 valence electrons. The molecule has 1 heterocycles. The quantitative estimate of drug-likeness (QED) is 0.499. The van der Waals surface area contributed by atoms with Gasteiger partial charge in [0.05, 0.1) is 0 Å². The van der Waals surface area contributed by atoms with Crippen molar-refractivity contribution in [2.24, 2.45) is 0 Å². The van der Waals surface area contributed by atoms with Crippen LogP contribution in [0.25, 0.3) is 6.08 Å². The van der Waals surface area contributed by atoms with Crippen molar-refractivity contribution in [3.63, 3.8) is 0 Å². The topological polar surface area (TPSA) is 103 Å². The number of nitrogen functional groups attached to an aromatic ring is 1. The molecule has 0 spiro atoms. The van der Waals surface area contributed by atoms with Crippen molar-refractivity contribution in [2.45, 2.75) is 6.61 Å². The number of hydrogen-bond acceptors (Lipinski definition) is 6. The molecular formula is C15H13NO5. The zero-order valence-corrected chi connectivity index (χ0v) is 11.0. The van der Waals surface area contributed by atoms with Crippen LogP contribution >= 0.6 is 0 Å². The van der Waals surface area contributed by atoms with Crippen molar-refractivity contribution >= 4 is 17.7 Å². The molecule has 0 aliphatic carbocycles. The number of carbonyl (C=O) groups excluding carboxylic acids is 1. The molecule has 0 amide bonds. The van der Waals surface area contributed by atoms with Crippen molar-refractivity contribution in [1.82, 2.24) is 0 Å². The van der Waals surface area contributed by atoms with E-state index in [0.717, 1.165) is 18.4 Å². The molecule has 0 saturated heterocycles. The van der Waals surface area contributed by atoms with E-state index < -0.39 is 18.0 Å². The molecule has 21 heavy (non-hydrogen) atoms. The highest BCUT2D eigenvalue weighted by Gasteiger charge is 2.07. The molecule has 6 heteroatoms. The van der Waals surface area contributed by atoms with Crippen molar-refractivity contribution in [2.75, 3.05) is 5.73 Å². The number of rotatable bonds is 4. The first-order valence-corrected chi connectivity index (χ1v) is 6.07. The van der Waals surface area contributed by atoms with Crippen LogP contribution < -0.4 is 15.9 Å². The van der Waals surface area contributed by atoms with Gasteiger partial charge in [0.25, 0.3) is 0 Å². The molecule has 1 aromatic heterocycles. The fraction of sp³-hybridized carbons (Fsp3) is 0.0667. The van der Waals surface area contributed by atoms with Crippen molar-refractivity contribution < 1.29 is 19.1 Å². The van der Waals surface area contributed by atoms with Gasteiger partial charge in [0.15, 0.2) is 0 Å². The molecule has 2 aromatic rings. The van der Waals surface area contributed by atoms with Crippen molar-refractivity contribution in [1.29, 1.82) is 0 Å². The summed E-state index contributed by atoms with van der Waals surface area (Å²) in [7, 11) is 0. The van der Waals surface area contributed by atoms with Crippen LogP contribution in [-0.4, -0.2) is 11.1 Å². The Labute approximate surface area is 120 Å². The van der Waals surface area contributed by atoms with Crippen LogP contribution in [0.1, 0.15) is 11.3 Å². The van der Waals surface area contributed by atoms with E-state index in [1.165, 1.54) is 6.08 Å². The maximum atomic E-state index is 11.6. The minimum atomic E-state index is -0.734. The maximum Gasteiger partial charge on any atom is 0.336 e. The predicted octanol–water partition coefficient (Wildman–Crippen LogP) is 1.33. The van der Waals surface area contributed by atoms with Crippen molar-refractivity contribution in [3.05, 3.63) is 64.2 Å². The first-order chi connectivity index (χ1) is 10.1. The number of aliphatic hydroxyl groups is 1. The van der Waals surface area contributed by atoms with Crippen LogP contribution in [0.5, 0.6) is 5.75 Å². The van der Waals surface area contributed by atoms with E-state index in [-0.39, 0.29) is 11.5 Å². The van der Waals surface area contributed by atoms with E-state index in [2.05, 4.69) is 0 Å². The maximum absolute atomic E-state index is 11.6. The molecule has 0 atom stereocenters. The van der Waals surface area contributed by atoms with Gasteiger partial charge in [-0.05, 0) is 17.7 Å². The third-order valence-electron chi connectivity index (χ3n) is 2.61. The molecule has 0 fully saturated rings. The summed E-state index contributed by atoms with van der Waals surface area (Å²) < 4.78 is 9.75. The van der Waals surface area contributed by atoms with Gasteiger partial charge in [-0.1, -0.05) is 18.2 Å². The largest absolute Gasteiger partial charge is 0.463 e. The average molecular weight is 287 g/mol. The first kappa shape index (κ1) is 14.5. The van der Waals surface area contributed by atoms with Crippen LogP contribution in [0.4, 0.5) is 5.69 Å². The lowest BCUT2D eigenvalue weighted by Crippen LogP contribution is -2.12. The molecule has 0 radical (unpaired) electrons. The lowest BCUT2D eigenvalue weighted by Gasteiger charge is -2.01. The Hall–Kier alpha value is -2.86. The second-order valence-corrected chi connectivity index (χ2v) is 4.12. The van der Waals surface area contributed by atoms with E-state index >= 15 is 0 Å². The second kappa shape index (κ2) is 6.53. The highest BCUT2D eigenvalue weighted by molar-refractivity contribution is 5.89. The Bertz CT molecular complexity index is 733. The van der Waals surface area contributed by atoms with Gasteiger partial charge in [-0.2, -0.15) is 0 Å². The Morgan fingerprint density at radius 1 is 1.38 bits per heavy atom. The summed E-state index contributed by atoms with van der Waals surface area (Å²) in [5.74, 6) is -0.891. The summed E-state index contributed by atoms with van der Waals surface area (Å²) in [6, 6.07) is 8.06. The van der Waals surface area contributed by atoms with Gasteiger partial charge in [-0.15, -0.1) is 0 Å². The van der Waals surface area contributed by atoms with Crippen LogP contribution in [0.15, 0.2) is 51.9 Å². The molecule has 0 bridgehead atoms. The highest BCUT2D eigenvalue weighted by atomic mass is 16.5. The van der Waals surface area contributed by atoms with Gasteiger partial charge in [-0.25, -0.2) is 4.79 Å². The highest BCUT2D eigenvalue weighted by Crippen LogP contribution is 2.12. The van der Waals surface area contributed by atoms with Gasteiger partial charge < -0.3 is 20.0 Å². The number of nitrogens with two attached hydrogens (primary N) is 1. The molecule has 6 nitrogen and oxygen atoms in total. The number of benzene rings is 1. The van der Waals surface area contributed by atoms with Gasteiger partial charge in [0, 0.05) is 17.8 Å². The number of carbonyl (C=O) groups is 1. The molecule has 0 aliphatic rings. The minimum absolute atomic E-state index is 0.0902. The number of aliphatic hydroxyl groups excluding tert-OH is 1. The summed E-state index contributed by atoms with van der Waals surface area (Å²) in [6.07, 6.45) is 3.63. The van der Waals surface area contributed by atoms with E-state index in [9.17, 15) is 9.59 Å². The fourth-order valence-electron chi connectivity index (χ4n) is 1.56. The SMILES string of the molecule is Nc1ccccc1/C=C/C(=O)Oc1coc(CO)cc1=O. The third-order valence-corrected chi connectivity index (χ3v) is 2.61. The average Bonchev–Trinajstić information content (AvgIpc) is 2.48. The van der Waals surface area contributed by atoms with Crippen LogP contribution in [0.2, 0.25) is 0 Å². The number of ether oxygens (including phenoxy) is 1. The monoisotopic (exact) mass is 287 g/mol. The standard InChI is InChI=1S/C15H13NO5/c16-12-4-2-1-3-10(12)5-6-15(19)21-14-9-20-11(8-17)7-13(14)18/h1-7,9,17H,8,16H2/b6-5+. The van der Waals surface area contributed by atoms with Crippen LogP contribution in [0.3, 0.4) is 0 Å². The summed E-state index contributed by atoms with van der Waals surface area (Å²) in [4.78, 5) is 23.2. The summed E-state index contributed by atoms with van der Waals surface area (Å²) in [6.45, 7) is -0.406. The van der Waals surface area contributed by atoms with E-state index in [1.807, 2.05) is 0 Å². The molecule has 2 rings (SSSR count). The van der Waals surface area contributed by atoms with Gasteiger partial charge in [-0.3, -0.25) is 4.79 Å². The summed E-state index contributed by atoms with van der Waals surface area (Å²) in [5, 5.41) is 8.81. The normalized spacial score (nSPS) is 10.7. The zero-order valence-electron chi connectivity index (χ0n) is 11.0. The Balaban J connectivity index is 2.09. The number of esters is 1. The predicted molar refractivity (Wildman–Crippen MR) is 76.4 cm³/mol. The van der Waals surface area contributed by atoms with Crippen molar-refractivity contribution in [3.8, 4) is 5.75 Å². The second-order valence-electron chi connectivity index (χ2n) is 4.12. The summed E-state index contributed by atoms with van der Waals surface area (Å²) in [5.41, 5.74) is 6.36.